The Kier molecular flexibility index (Phi) is 4.11. The number of benzene rings is 1. The van der Waals surface area contributed by atoms with Crippen LogP contribution in [0.2, 0.25) is 10.0 Å². The Labute approximate surface area is 94.7 Å². The summed E-state index contributed by atoms with van der Waals surface area (Å²) in [4.78, 5) is 0. The fraction of sp³-hybridized carbons (Fsp3) is 0.333. The molecule has 84 valence electrons. The fourth-order valence-corrected chi connectivity index (χ4v) is 1.20. The van der Waals surface area contributed by atoms with Crippen molar-refractivity contribution in [2.75, 3.05) is 6.61 Å². The van der Waals surface area contributed by atoms with E-state index in [0.717, 1.165) is 0 Å². The third kappa shape index (κ3) is 4.62. The zero-order valence-corrected chi connectivity index (χ0v) is 8.96. The van der Waals surface area contributed by atoms with E-state index in [4.69, 9.17) is 27.9 Å². The van der Waals surface area contributed by atoms with Gasteiger partial charge in [0, 0.05) is 11.1 Å². The Hall–Kier alpha value is -0.610. The lowest BCUT2D eigenvalue weighted by molar-refractivity contribution is -0.139. The van der Waals surface area contributed by atoms with Crippen LogP contribution < -0.4 is 4.74 Å². The van der Waals surface area contributed by atoms with E-state index in [1.165, 1.54) is 18.2 Å². The summed E-state index contributed by atoms with van der Waals surface area (Å²) in [5.74, 6) is 0.161. The molecule has 0 saturated heterocycles. The van der Waals surface area contributed by atoms with Crippen molar-refractivity contribution in [2.45, 2.75) is 12.6 Å². The Morgan fingerprint density at radius 2 is 1.87 bits per heavy atom. The first-order valence-corrected chi connectivity index (χ1v) is 4.79. The quantitative estimate of drug-likeness (QED) is 0.785. The van der Waals surface area contributed by atoms with E-state index in [0.29, 0.717) is 5.02 Å². The van der Waals surface area contributed by atoms with Crippen molar-refractivity contribution in [1.29, 1.82) is 0 Å². The second-order valence-electron chi connectivity index (χ2n) is 2.79. The van der Waals surface area contributed by atoms with Crippen molar-refractivity contribution < 1.29 is 17.9 Å². The highest BCUT2D eigenvalue weighted by Crippen LogP contribution is 2.28. The van der Waals surface area contributed by atoms with Crippen molar-refractivity contribution in [3.8, 4) is 5.75 Å². The molecule has 0 amide bonds. The minimum absolute atomic E-state index is 0.161. The van der Waals surface area contributed by atoms with Gasteiger partial charge in [-0.05, 0) is 12.1 Å². The lowest BCUT2D eigenvalue weighted by atomic mass is 10.3. The molecule has 0 N–H and O–H groups in total. The van der Waals surface area contributed by atoms with E-state index in [2.05, 4.69) is 0 Å². The fourth-order valence-electron chi connectivity index (χ4n) is 0.865. The first-order valence-electron chi connectivity index (χ1n) is 4.03. The van der Waals surface area contributed by atoms with Crippen molar-refractivity contribution in [1.82, 2.24) is 0 Å². The molecule has 0 heterocycles. The molecule has 0 aliphatic carbocycles. The predicted molar refractivity (Wildman–Crippen MR) is 52.6 cm³/mol. The molecule has 6 heteroatoms. The number of rotatable bonds is 3. The van der Waals surface area contributed by atoms with Gasteiger partial charge in [0.05, 0.1) is 18.1 Å². The van der Waals surface area contributed by atoms with Crippen LogP contribution in [0.3, 0.4) is 0 Å². The molecule has 0 radical (unpaired) electrons. The molecule has 0 bridgehead atoms. The van der Waals surface area contributed by atoms with Gasteiger partial charge in [0.15, 0.2) is 0 Å². The van der Waals surface area contributed by atoms with Crippen LogP contribution in [0.15, 0.2) is 18.2 Å². The first kappa shape index (κ1) is 12.5. The minimum atomic E-state index is -4.23. The van der Waals surface area contributed by atoms with E-state index < -0.39 is 19.2 Å². The number of alkyl halides is 3. The van der Waals surface area contributed by atoms with Crippen LogP contribution in [0.25, 0.3) is 0 Å². The monoisotopic (exact) mass is 258 g/mol. The van der Waals surface area contributed by atoms with Gasteiger partial charge in [0.1, 0.15) is 5.75 Å². The molecule has 1 rings (SSSR count). The normalized spacial score (nSPS) is 11.5. The number of hydrogen-bond donors (Lipinski definition) is 0. The van der Waals surface area contributed by atoms with Gasteiger partial charge in [-0.2, -0.15) is 13.2 Å². The van der Waals surface area contributed by atoms with Crippen LogP contribution >= 0.6 is 23.2 Å². The summed E-state index contributed by atoms with van der Waals surface area (Å²) < 4.78 is 40.3. The second kappa shape index (κ2) is 4.94. The van der Waals surface area contributed by atoms with Gasteiger partial charge >= 0.3 is 6.18 Å². The van der Waals surface area contributed by atoms with Gasteiger partial charge in [0.25, 0.3) is 0 Å². The third-order valence-electron chi connectivity index (χ3n) is 1.54. The Morgan fingerprint density at radius 3 is 2.47 bits per heavy atom. The van der Waals surface area contributed by atoms with Gasteiger partial charge in [0.2, 0.25) is 0 Å². The summed E-state index contributed by atoms with van der Waals surface area (Å²) >= 11 is 11.3. The number of hydrogen-bond acceptors (Lipinski definition) is 1. The standard InChI is InChI=1S/C9H7Cl2F3O/c10-6-1-2-7(11)8(5-6)15-4-3-9(12,13)14/h1-2,5H,3-4H2. The molecule has 15 heavy (non-hydrogen) atoms. The van der Waals surface area contributed by atoms with Crippen LogP contribution in [0, 0.1) is 0 Å². The van der Waals surface area contributed by atoms with Gasteiger partial charge in [-0.25, -0.2) is 0 Å². The molecule has 0 aliphatic rings. The van der Waals surface area contributed by atoms with E-state index in [-0.39, 0.29) is 10.8 Å². The highest BCUT2D eigenvalue weighted by atomic mass is 35.5. The smallest absolute Gasteiger partial charge is 0.392 e. The van der Waals surface area contributed by atoms with Crippen molar-refractivity contribution in [2.24, 2.45) is 0 Å². The number of ether oxygens (including phenoxy) is 1. The van der Waals surface area contributed by atoms with Gasteiger partial charge in [-0.1, -0.05) is 23.2 Å². The lowest BCUT2D eigenvalue weighted by Crippen LogP contribution is -2.13. The largest absolute Gasteiger partial charge is 0.492 e. The van der Waals surface area contributed by atoms with E-state index in [1.807, 2.05) is 0 Å². The van der Waals surface area contributed by atoms with Crippen LogP contribution in [0.5, 0.6) is 5.75 Å². The van der Waals surface area contributed by atoms with Crippen LogP contribution in [-0.4, -0.2) is 12.8 Å². The van der Waals surface area contributed by atoms with Crippen molar-refractivity contribution in [3.63, 3.8) is 0 Å². The minimum Gasteiger partial charge on any atom is -0.492 e. The predicted octanol–water partition coefficient (Wildman–Crippen LogP) is 4.32. The summed E-state index contributed by atoms with van der Waals surface area (Å²) in [7, 11) is 0. The summed E-state index contributed by atoms with van der Waals surface area (Å²) in [6.45, 7) is -0.469. The molecule has 0 fully saturated rings. The van der Waals surface area contributed by atoms with Crippen LogP contribution in [0.4, 0.5) is 13.2 Å². The maximum Gasteiger partial charge on any atom is 0.392 e. The highest BCUT2D eigenvalue weighted by Gasteiger charge is 2.26. The maximum atomic E-state index is 11.8. The van der Waals surface area contributed by atoms with E-state index in [9.17, 15) is 13.2 Å². The molecule has 0 aliphatic heterocycles. The average molecular weight is 259 g/mol. The van der Waals surface area contributed by atoms with E-state index in [1.54, 1.807) is 0 Å². The van der Waals surface area contributed by atoms with Crippen LogP contribution in [0.1, 0.15) is 6.42 Å². The molecule has 1 aromatic rings. The lowest BCUT2D eigenvalue weighted by Gasteiger charge is -2.09. The van der Waals surface area contributed by atoms with Crippen molar-refractivity contribution >= 4 is 23.2 Å². The second-order valence-corrected chi connectivity index (χ2v) is 3.63. The molecule has 0 spiro atoms. The molecular formula is C9H7Cl2F3O. The SMILES string of the molecule is FC(F)(F)CCOc1cc(Cl)ccc1Cl. The van der Waals surface area contributed by atoms with E-state index >= 15 is 0 Å². The van der Waals surface area contributed by atoms with Crippen molar-refractivity contribution in [3.05, 3.63) is 28.2 Å². The van der Waals surface area contributed by atoms with Gasteiger partial charge in [-0.15, -0.1) is 0 Å². The summed E-state index contributed by atoms with van der Waals surface area (Å²) in [6.07, 6.45) is -5.25. The highest BCUT2D eigenvalue weighted by molar-refractivity contribution is 6.34. The topological polar surface area (TPSA) is 9.23 Å². The zero-order chi connectivity index (χ0) is 11.5. The van der Waals surface area contributed by atoms with Gasteiger partial charge in [-0.3, -0.25) is 0 Å². The Balaban J connectivity index is 2.54. The summed E-state index contributed by atoms with van der Waals surface area (Å²) in [5.41, 5.74) is 0. The van der Waals surface area contributed by atoms with Gasteiger partial charge < -0.3 is 4.74 Å². The molecule has 0 unspecified atom stereocenters. The molecular weight excluding hydrogens is 252 g/mol. The molecule has 1 aromatic carbocycles. The summed E-state index contributed by atoms with van der Waals surface area (Å²) in [5, 5.41) is 0.600. The first-order chi connectivity index (χ1) is 6.88. The zero-order valence-electron chi connectivity index (χ0n) is 7.44. The maximum absolute atomic E-state index is 11.8. The molecule has 0 aromatic heterocycles. The molecule has 0 saturated carbocycles. The average Bonchev–Trinajstić information content (AvgIpc) is 2.09. The van der Waals surface area contributed by atoms with Crippen LogP contribution in [-0.2, 0) is 0 Å². The summed E-state index contributed by atoms with van der Waals surface area (Å²) in [6, 6.07) is 4.37. The third-order valence-corrected chi connectivity index (χ3v) is 2.08. The number of halogens is 5. The molecule has 0 atom stereocenters. The Bertz CT molecular complexity index is 339. The Morgan fingerprint density at radius 1 is 1.20 bits per heavy atom. The molecule has 1 nitrogen and oxygen atoms in total.